The highest BCUT2D eigenvalue weighted by Gasteiger charge is 2.27. The first-order valence-electron chi connectivity index (χ1n) is 7.79. The smallest absolute Gasteiger partial charge is 0.178 e. The zero-order valence-electron chi connectivity index (χ0n) is 14.1. The molecule has 1 atom stereocenters. The van der Waals surface area contributed by atoms with E-state index in [1.807, 2.05) is 45.2 Å². The molecule has 0 aliphatic carbocycles. The van der Waals surface area contributed by atoms with Crippen LogP contribution in [0.3, 0.4) is 0 Å². The van der Waals surface area contributed by atoms with E-state index < -0.39 is 0 Å². The lowest BCUT2D eigenvalue weighted by atomic mass is 9.87. The molecule has 1 aliphatic heterocycles. The lowest BCUT2D eigenvalue weighted by molar-refractivity contribution is -0.111. The summed E-state index contributed by atoms with van der Waals surface area (Å²) in [6, 6.07) is 7.80. The van der Waals surface area contributed by atoms with Crippen molar-refractivity contribution in [1.29, 1.82) is 0 Å². The number of rotatable bonds is 5. The largest absolute Gasteiger partial charge is 0.402 e. The molecule has 4 nitrogen and oxygen atoms in total. The number of likely N-dealkylation sites (tertiary alicyclic amines) is 1. The highest BCUT2D eigenvalue weighted by Crippen LogP contribution is 2.28. The van der Waals surface area contributed by atoms with Crippen LogP contribution in [-0.2, 0) is 4.79 Å². The monoisotopic (exact) mass is 333 g/mol. The zero-order valence-corrected chi connectivity index (χ0v) is 14.9. The van der Waals surface area contributed by atoms with Crippen molar-refractivity contribution >= 4 is 23.1 Å². The van der Waals surface area contributed by atoms with E-state index in [0.29, 0.717) is 16.4 Å². The minimum absolute atomic E-state index is 0.0160. The molecule has 1 heterocycles. The van der Waals surface area contributed by atoms with Crippen LogP contribution >= 0.6 is 11.6 Å². The van der Waals surface area contributed by atoms with Crippen molar-refractivity contribution in [3.63, 3.8) is 0 Å². The highest BCUT2D eigenvalue weighted by molar-refractivity contribution is 6.45. The Kier molecular flexibility index (Phi) is 5.60. The first-order valence-corrected chi connectivity index (χ1v) is 8.16. The van der Waals surface area contributed by atoms with Crippen molar-refractivity contribution in [3.05, 3.63) is 46.1 Å². The molecule has 1 aromatic carbocycles. The van der Waals surface area contributed by atoms with Gasteiger partial charge in [0.25, 0.3) is 0 Å². The van der Waals surface area contributed by atoms with E-state index in [2.05, 4.69) is 9.89 Å². The topological polar surface area (TPSA) is 58.7 Å². The Bertz CT molecular complexity index is 639. The van der Waals surface area contributed by atoms with Gasteiger partial charge in [0.2, 0.25) is 0 Å². The fraction of sp³-hybridized carbons (Fsp3) is 0.444. The van der Waals surface area contributed by atoms with Gasteiger partial charge in [0.15, 0.2) is 5.78 Å². The van der Waals surface area contributed by atoms with Gasteiger partial charge in [-0.2, -0.15) is 0 Å². The summed E-state index contributed by atoms with van der Waals surface area (Å²) in [5, 5.41) is 0.689. The molecule has 1 aromatic rings. The maximum Gasteiger partial charge on any atom is 0.178 e. The number of halogens is 1. The molecule has 0 bridgehead atoms. The number of Topliss-reactive ketones (excluding diaryl/α,β-unsaturated/α-hetero) is 1. The quantitative estimate of drug-likeness (QED) is 0.843. The second-order valence-corrected chi connectivity index (χ2v) is 6.72. The molecule has 0 aromatic heterocycles. The number of aliphatic imine (C=N–C) groups is 1. The SMILES string of the molecule is CC(=O)C(=NC1CN(C)C1)C(=C(C)N)C(C)c1ccc(Cl)cc1. The maximum atomic E-state index is 12.2. The molecule has 0 saturated carbocycles. The molecular formula is C18H24ClN3O. The summed E-state index contributed by atoms with van der Waals surface area (Å²) in [6.45, 7) is 7.18. The standard InChI is InChI=1S/C18H24ClN3O/c1-11(14-5-7-15(19)8-6-14)17(12(2)20)18(13(3)23)21-16-9-22(4)10-16/h5-8,11,16H,9-10,20H2,1-4H3. The third kappa shape index (κ3) is 4.21. The number of nitrogens with zero attached hydrogens (tertiary/aromatic N) is 2. The minimum Gasteiger partial charge on any atom is -0.402 e. The van der Waals surface area contributed by atoms with Gasteiger partial charge in [-0.05, 0) is 31.7 Å². The Labute approximate surface area is 143 Å². The van der Waals surface area contributed by atoms with Crippen LogP contribution < -0.4 is 5.73 Å². The average molecular weight is 334 g/mol. The Morgan fingerprint density at radius 3 is 2.30 bits per heavy atom. The molecule has 1 saturated heterocycles. The van der Waals surface area contributed by atoms with E-state index in [4.69, 9.17) is 17.3 Å². The van der Waals surface area contributed by atoms with Gasteiger partial charge in [0.05, 0.1) is 6.04 Å². The van der Waals surface area contributed by atoms with Crippen LogP contribution in [0.15, 0.2) is 40.5 Å². The molecule has 5 heteroatoms. The van der Waals surface area contributed by atoms with Crippen LogP contribution in [0.5, 0.6) is 0 Å². The highest BCUT2D eigenvalue weighted by atomic mass is 35.5. The van der Waals surface area contributed by atoms with Gasteiger partial charge in [-0.3, -0.25) is 9.79 Å². The lowest BCUT2D eigenvalue weighted by Crippen LogP contribution is -2.47. The molecule has 0 amide bonds. The van der Waals surface area contributed by atoms with E-state index in [0.717, 1.165) is 24.2 Å². The third-order valence-electron chi connectivity index (χ3n) is 4.17. The summed E-state index contributed by atoms with van der Waals surface area (Å²) >= 11 is 5.96. The summed E-state index contributed by atoms with van der Waals surface area (Å²) in [7, 11) is 2.04. The summed E-state index contributed by atoms with van der Waals surface area (Å²) in [5.41, 5.74) is 9.13. The molecule has 124 valence electrons. The van der Waals surface area contributed by atoms with Crippen molar-refractivity contribution in [2.75, 3.05) is 20.1 Å². The number of ketones is 1. The van der Waals surface area contributed by atoms with E-state index in [1.54, 1.807) is 6.92 Å². The van der Waals surface area contributed by atoms with Gasteiger partial charge in [0.1, 0.15) is 5.71 Å². The number of likely N-dealkylation sites (N-methyl/N-ethyl adjacent to an activating group) is 1. The predicted molar refractivity (Wildman–Crippen MR) is 96.2 cm³/mol. The van der Waals surface area contributed by atoms with E-state index >= 15 is 0 Å². The van der Waals surface area contributed by atoms with E-state index in [1.165, 1.54) is 0 Å². The number of carbonyl (C=O) groups excluding carboxylic acids is 1. The number of benzene rings is 1. The average Bonchev–Trinajstić information content (AvgIpc) is 2.44. The van der Waals surface area contributed by atoms with Crippen molar-refractivity contribution < 1.29 is 4.79 Å². The van der Waals surface area contributed by atoms with Gasteiger partial charge in [-0.25, -0.2) is 0 Å². The Morgan fingerprint density at radius 1 is 1.30 bits per heavy atom. The summed E-state index contributed by atoms with van der Waals surface area (Å²) in [6.07, 6.45) is 0. The molecule has 2 rings (SSSR count). The molecular weight excluding hydrogens is 310 g/mol. The lowest BCUT2D eigenvalue weighted by Gasteiger charge is -2.34. The van der Waals surface area contributed by atoms with Gasteiger partial charge in [-0.15, -0.1) is 0 Å². The Balaban J connectivity index is 2.37. The molecule has 2 N–H and O–H groups in total. The Morgan fingerprint density at radius 2 is 1.87 bits per heavy atom. The second kappa shape index (κ2) is 7.28. The first kappa shape index (κ1) is 17.7. The second-order valence-electron chi connectivity index (χ2n) is 6.28. The van der Waals surface area contributed by atoms with Gasteiger partial charge < -0.3 is 10.6 Å². The van der Waals surface area contributed by atoms with Crippen molar-refractivity contribution in [2.24, 2.45) is 10.7 Å². The van der Waals surface area contributed by atoms with Crippen molar-refractivity contribution in [2.45, 2.75) is 32.7 Å². The van der Waals surface area contributed by atoms with Gasteiger partial charge >= 0.3 is 0 Å². The van der Waals surface area contributed by atoms with Crippen LogP contribution in [-0.4, -0.2) is 42.6 Å². The predicted octanol–water partition coefficient (Wildman–Crippen LogP) is 3.02. The van der Waals surface area contributed by atoms with E-state index in [9.17, 15) is 4.79 Å². The van der Waals surface area contributed by atoms with Crippen molar-refractivity contribution in [3.8, 4) is 0 Å². The molecule has 1 aliphatic rings. The van der Waals surface area contributed by atoms with Crippen molar-refractivity contribution in [1.82, 2.24) is 4.90 Å². The number of allylic oxidation sites excluding steroid dienone is 2. The molecule has 1 fully saturated rings. The third-order valence-corrected chi connectivity index (χ3v) is 4.42. The minimum atomic E-state index is -0.0415. The van der Waals surface area contributed by atoms with E-state index in [-0.39, 0.29) is 17.7 Å². The summed E-state index contributed by atoms with van der Waals surface area (Å²) in [5.74, 6) is -0.0575. The number of hydrogen-bond donors (Lipinski definition) is 1. The van der Waals surface area contributed by atoms with Crippen LogP contribution in [0.1, 0.15) is 32.3 Å². The van der Waals surface area contributed by atoms with Crippen LogP contribution in [0.4, 0.5) is 0 Å². The normalized spacial score (nSPS) is 19.1. The summed E-state index contributed by atoms with van der Waals surface area (Å²) in [4.78, 5) is 19.0. The van der Waals surface area contributed by atoms with Crippen LogP contribution in [0.25, 0.3) is 0 Å². The number of carbonyl (C=O) groups is 1. The molecule has 0 spiro atoms. The zero-order chi connectivity index (χ0) is 17.1. The molecule has 1 unspecified atom stereocenters. The number of nitrogens with two attached hydrogens (primary N) is 1. The first-order chi connectivity index (χ1) is 10.8. The fourth-order valence-corrected chi connectivity index (χ4v) is 3.06. The van der Waals surface area contributed by atoms with Gasteiger partial charge in [-0.1, -0.05) is 30.7 Å². The maximum absolute atomic E-state index is 12.2. The van der Waals surface area contributed by atoms with Crippen LogP contribution in [0, 0.1) is 0 Å². The molecule has 23 heavy (non-hydrogen) atoms. The number of hydrogen-bond acceptors (Lipinski definition) is 4. The van der Waals surface area contributed by atoms with Crippen LogP contribution in [0.2, 0.25) is 5.02 Å². The van der Waals surface area contributed by atoms with Gasteiger partial charge in [0, 0.05) is 42.2 Å². The summed E-state index contributed by atoms with van der Waals surface area (Å²) < 4.78 is 0. The fourth-order valence-electron chi connectivity index (χ4n) is 2.93. The molecule has 0 radical (unpaired) electrons. The Hall–Kier alpha value is -1.65.